The molecular weight excluding hydrogens is 522 g/mol. The van der Waals surface area contributed by atoms with Gasteiger partial charge in [-0.1, -0.05) is 41.9 Å². The van der Waals surface area contributed by atoms with Crippen molar-refractivity contribution < 1.29 is 24.0 Å². The molecule has 1 N–H and O–H groups in total. The molecule has 9 nitrogen and oxygen atoms in total. The number of anilines is 1. The van der Waals surface area contributed by atoms with Crippen molar-refractivity contribution in [3.8, 4) is 11.5 Å². The lowest BCUT2D eigenvalue weighted by Gasteiger charge is -2.37. The number of rotatable bonds is 7. The third-order valence-electron chi connectivity index (χ3n) is 6.25. The number of hydrogen-bond donors (Lipinski definition) is 1. The van der Waals surface area contributed by atoms with Crippen molar-refractivity contribution in [3.63, 3.8) is 0 Å². The number of benzene rings is 4. The largest absolute Gasteiger partial charge is 0.457 e. The van der Waals surface area contributed by atoms with E-state index in [0.717, 1.165) is 4.90 Å². The van der Waals surface area contributed by atoms with E-state index in [2.05, 4.69) is 5.32 Å². The predicted molar refractivity (Wildman–Crippen MR) is 144 cm³/mol. The van der Waals surface area contributed by atoms with Gasteiger partial charge in [-0.05, 0) is 66.2 Å². The van der Waals surface area contributed by atoms with Crippen LogP contribution in [0, 0.1) is 16.0 Å². The van der Waals surface area contributed by atoms with Crippen molar-refractivity contribution in [2.75, 3.05) is 4.90 Å². The van der Waals surface area contributed by atoms with Gasteiger partial charge in [-0.15, -0.1) is 0 Å². The standard InChI is InChI=1S/C29H20ClN3O6/c30-20-10-6-19(7-11-20)27(34)25-26(18-8-12-22(13-9-18)33(37)38)31-29(36)32(28(25)35)21-14-16-24(17-15-21)39-23-4-2-1-3-5-23/h1-17,25-26H,(H,31,36). The number of nitrogens with one attached hydrogen (secondary N) is 1. The Labute approximate surface area is 227 Å². The summed E-state index contributed by atoms with van der Waals surface area (Å²) in [4.78, 5) is 52.2. The van der Waals surface area contributed by atoms with Gasteiger partial charge in [0.2, 0.25) is 5.91 Å². The molecule has 1 saturated heterocycles. The number of urea groups is 1. The maximum Gasteiger partial charge on any atom is 0.329 e. The molecule has 3 amide bonds. The van der Waals surface area contributed by atoms with E-state index in [1.165, 1.54) is 48.5 Å². The SMILES string of the molecule is O=C(c1ccc(Cl)cc1)C1C(=O)N(c2ccc(Oc3ccccc3)cc2)C(=O)NC1c1ccc([N+](=O)[O-])cc1. The summed E-state index contributed by atoms with van der Waals surface area (Å²) in [7, 11) is 0. The van der Waals surface area contributed by atoms with Gasteiger partial charge in [0, 0.05) is 22.7 Å². The van der Waals surface area contributed by atoms with Crippen LogP contribution in [0.1, 0.15) is 22.0 Å². The van der Waals surface area contributed by atoms with Gasteiger partial charge >= 0.3 is 6.03 Å². The molecule has 0 saturated carbocycles. The quantitative estimate of drug-likeness (QED) is 0.126. The summed E-state index contributed by atoms with van der Waals surface area (Å²) in [6.45, 7) is 0. The van der Waals surface area contributed by atoms with Crippen LogP contribution in [0.4, 0.5) is 16.2 Å². The summed E-state index contributed by atoms with van der Waals surface area (Å²) in [5.74, 6) is -1.50. The molecule has 39 heavy (non-hydrogen) atoms. The number of ether oxygens (including phenoxy) is 1. The summed E-state index contributed by atoms with van der Waals surface area (Å²) < 4.78 is 5.79. The van der Waals surface area contributed by atoms with Crippen LogP contribution in [-0.2, 0) is 4.79 Å². The molecule has 0 aliphatic carbocycles. The zero-order chi connectivity index (χ0) is 27.5. The van der Waals surface area contributed by atoms with Crippen LogP contribution >= 0.6 is 11.6 Å². The molecular formula is C29H20ClN3O6. The second-order valence-corrected chi connectivity index (χ2v) is 9.14. The summed E-state index contributed by atoms with van der Waals surface area (Å²) in [6, 6.07) is 25.1. The first-order chi connectivity index (χ1) is 18.8. The van der Waals surface area contributed by atoms with Crippen molar-refractivity contribution in [2.24, 2.45) is 5.92 Å². The molecule has 1 fully saturated rings. The molecule has 194 valence electrons. The molecule has 5 rings (SSSR count). The molecule has 4 aromatic carbocycles. The fourth-order valence-corrected chi connectivity index (χ4v) is 4.46. The zero-order valence-electron chi connectivity index (χ0n) is 20.2. The Hall–Kier alpha value is -5.02. The molecule has 4 aromatic rings. The average molecular weight is 542 g/mol. The third-order valence-corrected chi connectivity index (χ3v) is 6.50. The highest BCUT2D eigenvalue weighted by molar-refractivity contribution is 6.31. The summed E-state index contributed by atoms with van der Waals surface area (Å²) >= 11 is 5.97. The third kappa shape index (κ3) is 5.34. The predicted octanol–water partition coefficient (Wildman–Crippen LogP) is 6.34. The lowest BCUT2D eigenvalue weighted by molar-refractivity contribution is -0.384. The van der Waals surface area contributed by atoms with Crippen LogP contribution in [0.25, 0.3) is 0 Å². The van der Waals surface area contributed by atoms with Crippen LogP contribution in [0.15, 0.2) is 103 Å². The van der Waals surface area contributed by atoms with Gasteiger partial charge in [0.15, 0.2) is 5.78 Å². The van der Waals surface area contributed by atoms with E-state index in [0.29, 0.717) is 22.1 Å². The number of hydrogen-bond acceptors (Lipinski definition) is 6. The monoisotopic (exact) mass is 541 g/mol. The van der Waals surface area contributed by atoms with Gasteiger partial charge in [0.1, 0.15) is 17.4 Å². The normalized spacial score (nSPS) is 16.9. The minimum Gasteiger partial charge on any atom is -0.457 e. The number of nitro groups is 1. The van der Waals surface area contributed by atoms with Gasteiger partial charge in [-0.25, -0.2) is 9.69 Å². The van der Waals surface area contributed by atoms with E-state index in [9.17, 15) is 24.5 Å². The Morgan fingerprint density at radius 1 is 0.846 bits per heavy atom. The molecule has 10 heteroatoms. The topological polar surface area (TPSA) is 119 Å². The number of amides is 3. The minimum absolute atomic E-state index is 0.160. The number of Topliss-reactive ketones (excluding diaryl/α,β-unsaturated/α-hetero) is 1. The van der Waals surface area contributed by atoms with Gasteiger partial charge < -0.3 is 10.1 Å². The first-order valence-corrected chi connectivity index (χ1v) is 12.2. The van der Waals surface area contributed by atoms with E-state index >= 15 is 0 Å². The molecule has 1 heterocycles. The fourth-order valence-electron chi connectivity index (χ4n) is 4.33. The van der Waals surface area contributed by atoms with E-state index in [1.54, 1.807) is 36.4 Å². The van der Waals surface area contributed by atoms with Gasteiger partial charge in [-0.3, -0.25) is 19.7 Å². The molecule has 0 spiro atoms. The summed E-state index contributed by atoms with van der Waals surface area (Å²) in [6.07, 6.45) is 0. The number of non-ortho nitro benzene ring substituents is 1. The van der Waals surface area contributed by atoms with Crippen molar-refractivity contribution in [3.05, 3.63) is 129 Å². The molecule has 2 unspecified atom stereocenters. The Balaban J connectivity index is 1.48. The number of nitro benzene ring substituents is 1. The number of ketones is 1. The maximum atomic E-state index is 13.8. The van der Waals surface area contributed by atoms with Crippen molar-refractivity contribution in [2.45, 2.75) is 6.04 Å². The van der Waals surface area contributed by atoms with Gasteiger partial charge in [-0.2, -0.15) is 0 Å². The van der Waals surface area contributed by atoms with Crippen LogP contribution in [-0.4, -0.2) is 22.6 Å². The maximum absolute atomic E-state index is 13.8. The number of nitrogens with zero attached hydrogens (tertiary/aromatic N) is 2. The average Bonchev–Trinajstić information content (AvgIpc) is 2.94. The molecule has 1 aliphatic rings. The summed E-state index contributed by atoms with van der Waals surface area (Å²) in [5, 5.41) is 14.3. The molecule has 0 aromatic heterocycles. The number of carbonyl (C=O) groups excluding carboxylic acids is 3. The highest BCUT2D eigenvalue weighted by atomic mass is 35.5. The van der Waals surface area contributed by atoms with Crippen LogP contribution in [0.3, 0.4) is 0 Å². The van der Waals surface area contributed by atoms with E-state index < -0.39 is 34.6 Å². The van der Waals surface area contributed by atoms with Crippen molar-refractivity contribution in [1.29, 1.82) is 0 Å². The number of imide groups is 1. The molecule has 1 aliphatic heterocycles. The van der Waals surface area contributed by atoms with E-state index in [-0.39, 0.29) is 16.9 Å². The first-order valence-electron chi connectivity index (χ1n) is 11.8. The van der Waals surface area contributed by atoms with Crippen LogP contribution in [0.5, 0.6) is 11.5 Å². The van der Waals surface area contributed by atoms with E-state index in [4.69, 9.17) is 16.3 Å². The Morgan fingerprint density at radius 3 is 2.08 bits per heavy atom. The molecule has 2 atom stereocenters. The number of carbonyl (C=O) groups is 3. The second-order valence-electron chi connectivity index (χ2n) is 8.71. The van der Waals surface area contributed by atoms with Crippen LogP contribution < -0.4 is 15.0 Å². The summed E-state index contributed by atoms with van der Waals surface area (Å²) in [5.41, 5.74) is 0.689. The van der Waals surface area contributed by atoms with Crippen LogP contribution in [0.2, 0.25) is 5.02 Å². The van der Waals surface area contributed by atoms with Crippen molar-refractivity contribution in [1.82, 2.24) is 5.32 Å². The minimum atomic E-state index is -1.34. The molecule has 0 radical (unpaired) electrons. The highest BCUT2D eigenvalue weighted by Crippen LogP contribution is 2.35. The van der Waals surface area contributed by atoms with Gasteiger partial charge in [0.25, 0.3) is 5.69 Å². The smallest absolute Gasteiger partial charge is 0.329 e. The Bertz CT molecular complexity index is 1540. The Kier molecular flexibility index (Phi) is 7.07. The zero-order valence-corrected chi connectivity index (χ0v) is 20.9. The van der Waals surface area contributed by atoms with E-state index in [1.807, 2.05) is 18.2 Å². The molecule has 0 bridgehead atoms. The first kappa shape index (κ1) is 25.6. The lowest BCUT2D eigenvalue weighted by Crippen LogP contribution is -2.58. The number of halogens is 1. The van der Waals surface area contributed by atoms with Gasteiger partial charge in [0.05, 0.1) is 16.7 Å². The second kappa shape index (κ2) is 10.8. The highest BCUT2D eigenvalue weighted by Gasteiger charge is 2.46. The number of para-hydroxylation sites is 1. The van der Waals surface area contributed by atoms with Crippen molar-refractivity contribution >= 4 is 40.7 Å². The Morgan fingerprint density at radius 2 is 1.46 bits per heavy atom. The fraction of sp³-hybridized carbons (Fsp3) is 0.0690. The lowest BCUT2D eigenvalue weighted by atomic mass is 9.84.